The van der Waals surface area contributed by atoms with E-state index in [0.717, 1.165) is 12.8 Å². The van der Waals surface area contributed by atoms with Gasteiger partial charge in [0, 0.05) is 5.88 Å². The standard InChI is InChI=1S/C14H16ClN3O4/c1-21-14(20)18-13-16-10-5-4-9(8-11(10)17-13)12(19)22-7-3-2-6-15/h4-5,8H,2-3,6-7H2,1H3,(H2,16,17,18,20). The normalized spacial score (nSPS) is 10.5. The molecule has 2 aromatic rings. The van der Waals surface area contributed by atoms with E-state index in [9.17, 15) is 9.59 Å². The van der Waals surface area contributed by atoms with Crippen LogP contribution in [0, 0.1) is 0 Å². The predicted octanol–water partition coefficient (Wildman–Crippen LogP) is 2.92. The molecule has 1 aromatic heterocycles. The summed E-state index contributed by atoms with van der Waals surface area (Å²) in [6.45, 7) is 0.335. The lowest BCUT2D eigenvalue weighted by molar-refractivity contribution is 0.0500. The number of imidazole rings is 1. The van der Waals surface area contributed by atoms with Crippen LogP contribution < -0.4 is 5.32 Å². The van der Waals surface area contributed by atoms with Crippen LogP contribution in [0.5, 0.6) is 0 Å². The summed E-state index contributed by atoms with van der Waals surface area (Å²) in [6, 6.07) is 4.91. The summed E-state index contributed by atoms with van der Waals surface area (Å²) in [7, 11) is 1.26. The molecule has 7 nitrogen and oxygen atoms in total. The number of aromatic amines is 1. The number of unbranched alkanes of at least 4 members (excludes halogenated alkanes) is 1. The fourth-order valence-corrected chi connectivity index (χ4v) is 1.98. The number of hydrogen-bond acceptors (Lipinski definition) is 5. The summed E-state index contributed by atoms with van der Waals surface area (Å²) < 4.78 is 9.63. The van der Waals surface area contributed by atoms with Crippen LogP contribution >= 0.6 is 11.6 Å². The number of nitrogens with one attached hydrogen (secondary N) is 2. The number of aromatic nitrogens is 2. The van der Waals surface area contributed by atoms with Crippen LogP contribution in [-0.4, -0.2) is 41.6 Å². The second kappa shape index (κ2) is 7.65. The Labute approximate surface area is 131 Å². The molecule has 0 saturated heterocycles. The quantitative estimate of drug-likeness (QED) is 0.484. The first-order chi connectivity index (χ1) is 10.6. The molecule has 1 heterocycles. The Bertz CT molecular complexity index is 671. The molecule has 2 rings (SSSR count). The Morgan fingerprint density at radius 1 is 1.36 bits per heavy atom. The molecule has 1 aromatic carbocycles. The van der Waals surface area contributed by atoms with Crippen molar-refractivity contribution >= 4 is 40.6 Å². The van der Waals surface area contributed by atoms with Crippen molar-refractivity contribution in [2.24, 2.45) is 0 Å². The van der Waals surface area contributed by atoms with E-state index in [1.807, 2.05) is 0 Å². The Hall–Kier alpha value is -2.28. The number of benzene rings is 1. The Kier molecular flexibility index (Phi) is 5.60. The van der Waals surface area contributed by atoms with Crippen molar-refractivity contribution in [2.75, 3.05) is 24.9 Å². The lowest BCUT2D eigenvalue weighted by Gasteiger charge is -2.03. The van der Waals surface area contributed by atoms with Crippen LogP contribution in [0.2, 0.25) is 0 Å². The molecule has 8 heteroatoms. The number of alkyl halides is 1. The zero-order valence-corrected chi connectivity index (χ0v) is 12.8. The van der Waals surface area contributed by atoms with Gasteiger partial charge in [-0.05, 0) is 31.0 Å². The number of esters is 1. The molecule has 0 aliphatic carbocycles. The number of amides is 1. The van der Waals surface area contributed by atoms with Gasteiger partial charge in [-0.1, -0.05) is 0 Å². The van der Waals surface area contributed by atoms with Crippen LogP contribution in [0.15, 0.2) is 18.2 Å². The van der Waals surface area contributed by atoms with Gasteiger partial charge >= 0.3 is 12.1 Å². The SMILES string of the molecule is COC(=O)Nc1nc2ccc(C(=O)OCCCCCl)cc2[nH]1. The van der Waals surface area contributed by atoms with Gasteiger partial charge in [-0.3, -0.25) is 5.32 Å². The van der Waals surface area contributed by atoms with Gasteiger partial charge in [0.25, 0.3) is 0 Å². The van der Waals surface area contributed by atoms with Crippen molar-refractivity contribution in [3.63, 3.8) is 0 Å². The van der Waals surface area contributed by atoms with E-state index in [4.69, 9.17) is 16.3 Å². The lowest BCUT2D eigenvalue weighted by Crippen LogP contribution is -2.11. The number of nitrogens with zero attached hydrogens (tertiary/aromatic N) is 1. The monoisotopic (exact) mass is 325 g/mol. The number of rotatable bonds is 6. The summed E-state index contributed by atoms with van der Waals surface area (Å²) in [5, 5.41) is 2.42. The number of H-pyrrole nitrogens is 1. The van der Waals surface area contributed by atoms with E-state index in [0.29, 0.717) is 29.1 Å². The first-order valence-corrected chi connectivity index (χ1v) is 7.25. The van der Waals surface area contributed by atoms with Gasteiger partial charge in [-0.25, -0.2) is 14.6 Å². The molecule has 0 unspecified atom stereocenters. The number of anilines is 1. The van der Waals surface area contributed by atoms with Crippen molar-refractivity contribution in [1.82, 2.24) is 9.97 Å². The summed E-state index contributed by atoms with van der Waals surface area (Å²) in [5.41, 5.74) is 1.64. The van der Waals surface area contributed by atoms with Gasteiger partial charge < -0.3 is 14.5 Å². The minimum atomic E-state index is -0.627. The molecule has 118 valence electrons. The molecule has 0 radical (unpaired) electrons. The first-order valence-electron chi connectivity index (χ1n) is 6.72. The lowest BCUT2D eigenvalue weighted by atomic mass is 10.2. The van der Waals surface area contributed by atoms with Crippen LogP contribution in [0.1, 0.15) is 23.2 Å². The number of halogens is 1. The highest BCUT2D eigenvalue weighted by Crippen LogP contribution is 2.17. The minimum Gasteiger partial charge on any atom is -0.462 e. The molecule has 0 bridgehead atoms. The summed E-state index contributed by atoms with van der Waals surface area (Å²) in [4.78, 5) is 30.1. The maximum Gasteiger partial charge on any atom is 0.413 e. The highest BCUT2D eigenvalue weighted by Gasteiger charge is 2.11. The second-order valence-electron chi connectivity index (χ2n) is 4.47. The number of fused-ring (bicyclic) bond motifs is 1. The largest absolute Gasteiger partial charge is 0.462 e. The highest BCUT2D eigenvalue weighted by atomic mass is 35.5. The van der Waals surface area contributed by atoms with Crippen molar-refractivity contribution in [1.29, 1.82) is 0 Å². The summed E-state index contributed by atoms with van der Waals surface area (Å²) in [5.74, 6) is 0.385. The molecule has 0 aliphatic heterocycles. The molecule has 2 N–H and O–H groups in total. The Balaban J connectivity index is 2.06. The van der Waals surface area contributed by atoms with Crippen LogP contribution in [0.25, 0.3) is 11.0 Å². The number of carbonyl (C=O) groups is 2. The zero-order chi connectivity index (χ0) is 15.9. The molecule has 0 atom stereocenters. The molecule has 0 saturated carbocycles. The fourth-order valence-electron chi connectivity index (χ4n) is 1.79. The van der Waals surface area contributed by atoms with Gasteiger partial charge in [0.05, 0.1) is 30.3 Å². The first kappa shape index (κ1) is 16.1. The van der Waals surface area contributed by atoms with Crippen molar-refractivity contribution in [2.45, 2.75) is 12.8 Å². The average molecular weight is 326 g/mol. The second-order valence-corrected chi connectivity index (χ2v) is 4.84. The zero-order valence-electron chi connectivity index (χ0n) is 12.0. The van der Waals surface area contributed by atoms with Gasteiger partial charge in [-0.15, -0.1) is 11.6 Å². The number of ether oxygens (including phenoxy) is 2. The summed E-state index contributed by atoms with van der Waals surface area (Å²) in [6.07, 6.45) is 0.907. The van der Waals surface area contributed by atoms with Gasteiger partial charge in [-0.2, -0.15) is 0 Å². The van der Waals surface area contributed by atoms with E-state index < -0.39 is 12.1 Å². The summed E-state index contributed by atoms with van der Waals surface area (Å²) >= 11 is 5.56. The van der Waals surface area contributed by atoms with Gasteiger partial charge in [0.1, 0.15) is 0 Å². The number of hydrogen-bond donors (Lipinski definition) is 2. The van der Waals surface area contributed by atoms with E-state index >= 15 is 0 Å². The van der Waals surface area contributed by atoms with Crippen LogP contribution in [0.4, 0.5) is 10.7 Å². The predicted molar refractivity (Wildman–Crippen MR) is 82.4 cm³/mol. The highest BCUT2D eigenvalue weighted by molar-refractivity contribution is 6.17. The van der Waals surface area contributed by atoms with Gasteiger partial charge in [0.2, 0.25) is 5.95 Å². The number of carbonyl (C=O) groups excluding carboxylic acids is 2. The molecule has 22 heavy (non-hydrogen) atoms. The van der Waals surface area contributed by atoms with Crippen LogP contribution in [-0.2, 0) is 9.47 Å². The molecular weight excluding hydrogens is 310 g/mol. The van der Waals surface area contributed by atoms with Crippen molar-refractivity contribution in [3.05, 3.63) is 23.8 Å². The van der Waals surface area contributed by atoms with Crippen molar-refractivity contribution < 1.29 is 19.1 Å². The maximum atomic E-state index is 11.9. The topological polar surface area (TPSA) is 93.3 Å². The van der Waals surface area contributed by atoms with E-state index in [1.165, 1.54) is 7.11 Å². The average Bonchev–Trinajstić information content (AvgIpc) is 2.92. The van der Waals surface area contributed by atoms with E-state index in [-0.39, 0.29) is 5.95 Å². The molecule has 0 fully saturated rings. The van der Waals surface area contributed by atoms with E-state index in [2.05, 4.69) is 20.0 Å². The molecule has 0 spiro atoms. The van der Waals surface area contributed by atoms with Gasteiger partial charge in [0.15, 0.2) is 0 Å². The Morgan fingerprint density at radius 2 is 2.18 bits per heavy atom. The molecule has 0 aliphatic rings. The molecular formula is C14H16ClN3O4. The van der Waals surface area contributed by atoms with Crippen LogP contribution in [0.3, 0.4) is 0 Å². The van der Waals surface area contributed by atoms with Crippen molar-refractivity contribution in [3.8, 4) is 0 Å². The third kappa shape index (κ3) is 4.11. The minimum absolute atomic E-state index is 0.245. The maximum absolute atomic E-state index is 11.9. The third-order valence-corrected chi connectivity index (χ3v) is 3.15. The smallest absolute Gasteiger partial charge is 0.413 e. The molecule has 1 amide bonds. The third-order valence-electron chi connectivity index (χ3n) is 2.88. The Morgan fingerprint density at radius 3 is 2.91 bits per heavy atom. The number of methoxy groups -OCH3 is 1. The van der Waals surface area contributed by atoms with E-state index in [1.54, 1.807) is 18.2 Å². The fraction of sp³-hybridized carbons (Fsp3) is 0.357.